The van der Waals surface area contributed by atoms with E-state index in [4.69, 9.17) is 9.47 Å². The average Bonchev–Trinajstić information content (AvgIpc) is 3.39. The maximum absolute atomic E-state index is 12.7. The molecule has 3 aromatic rings. The average molecular weight is 426 g/mol. The zero-order chi connectivity index (χ0) is 20.7. The number of benzene rings is 2. The van der Waals surface area contributed by atoms with Crippen LogP contribution < -0.4 is 19.7 Å². The monoisotopic (exact) mass is 426 g/mol. The highest BCUT2D eigenvalue weighted by Crippen LogP contribution is 2.35. The van der Waals surface area contributed by atoms with E-state index in [1.54, 1.807) is 30.3 Å². The summed E-state index contributed by atoms with van der Waals surface area (Å²) in [7, 11) is 0. The van der Waals surface area contributed by atoms with Crippen LogP contribution in [0.1, 0.15) is 12.8 Å². The summed E-state index contributed by atoms with van der Waals surface area (Å²) in [5.74, 6) is 1.23. The Balaban J connectivity index is 1.22. The highest BCUT2D eigenvalue weighted by molar-refractivity contribution is 7.22. The number of thiazole rings is 1. The molecule has 1 fully saturated rings. The molecule has 0 saturated carbocycles. The van der Waals surface area contributed by atoms with Gasteiger partial charge in [0.05, 0.1) is 15.1 Å². The van der Waals surface area contributed by atoms with Gasteiger partial charge in [-0.1, -0.05) is 11.3 Å². The van der Waals surface area contributed by atoms with E-state index in [1.165, 1.54) is 17.4 Å². The second kappa shape index (κ2) is 7.45. The minimum atomic E-state index is -0.400. The van der Waals surface area contributed by atoms with E-state index < -0.39 is 4.92 Å². The van der Waals surface area contributed by atoms with Crippen molar-refractivity contribution in [2.75, 3.05) is 30.1 Å². The van der Waals surface area contributed by atoms with Crippen molar-refractivity contribution in [1.82, 2.24) is 4.98 Å². The predicted molar refractivity (Wildman–Crippen MR) is 112 cm³/mol. The van der Waals surface area contributed by atoms with Crippen LogP contribution in [0.4, 0.5) is 16.5 Å². The van der Waals surface area contributed by atoms with Gasteiger partial charge in [0.25, 0.3) is 5.69 Å². The lowest BCUT2D eigenvalue weighted by Gasteiger charge is -2.31. The molecule has 1 aromatic heterocycles. The third-order valence-electron chi connectivity index (χ3n) is 5.35. The Morgan fingerprint density at radius 2 is 1.97 bits per heavy atom. The minimum Gasteiger partial charge on any atom is -0.454 e. The van der Waals surface area contributed by atoms with E-state index in [1.807, 2.05) is 0 Å². The largest absolute Gasteiger partial charge is 0.454 e. The normalized spacial score (nSPS) is 16.1. The van der Waals surface area contributed by atoms with Crippen LogP contribution >= 0.6 is 11.3 Å². The lowest BCUT2D eigenvalue weighted by Crippen LogP contribution is -2.38. The van der Waals surface area contributed by atoms with Crippen molar-refractivity contribution in [2.45, 2.75) is 12.8 Å². The summed E-state index contributed by atoms with van der Waals surface area (Å²) in [6.07, 6.45) is 1.43. The van der Waals surface area contributed by atoms with Crippen LogP contribution in [-0.4, -0.2) is 35.7 Å². The van der Waals surface area contributed by atoms with E-state index in [9.17, 15) is 14.9 Å². The predicted octanol–water partition coefficient (Wildman–Crippen LogP) is 3.79. The Bertz CT molecular complexity index is 1140. The Kier molecular flexibility index (Phi) is 4.62. The van der Waals surface area contributed by atoms with E-state index in [0.717, 1.165) is 15.3 Å². The third kappa shape index (κ3) is 3.50. The highest BCUT2D eigenvalue weighted by Gasteiger charge is 2.27. The third-order valence-corrected chi connectivity index (χ3v) is 6.43. The van der Waals surface area contributed by atoms with Gasteiger partial charge >= 0.3 is 0 Å². The summed E-state index contributed by atoms with van der Waals surface area (Å²) in [5.41, 5.74) is 1.51. The first kappa shape index (κ1) is 18.6. The Labute approximate surface area is 175 Å². The summed E-state index contributed by atoms with van der Waals surface area (Å²) < 4.78 is 11.4. The van der Waals surface area contributed by atoms with Crippen LogP contribution in [0.5, 0.6) is 11.5 Å². The number of nitrogens with zero attached hydrogens (tertiary/aromatic N) is 3. The van der Waals surface area contributed by atoms with E-state index >= 15 is 0 Å². The number of rotatable bonds is 4. The van der Waals surface area contributed by atoms with Gasteiger partial charge in [0, 0.05) is 42.9 Å². The molecule has 10 heteroatoms. The number of piperidine rings is 1. The van der Waals surface area contributed by atoms with Crippen molar-refractivity contribution in [1.29, 1.82) is 0 Å². The number of amides is 1. The summed E-state index contributed by atoms with van der Waals surface area (Å²) in [4.78, 5) is 30.0. The van der Waals surface area contributed by atoms with Crippen molar-refractivity contribution in [2.24, 2.45) is 5.92 Å². The molecule has 0 radical (unpaired) electrons. The number of non-ortho nitro benzene ring substituents is 1. The SMILES string of the molecule is O=C(Nc1ccc2c(c1)OCO2)C1CCN(c2nc3ccc([N+](=O)[O-])cc3s2)CC1. The summed E-state index contributed by atoms with van der Waals surface area (Å²) >= 11 is 1.44. The first-order valence-corrected chi connectivity index (χ1v) is 10.4. The number of nitro groups is 1. The first-order valence-electron chi connectivity index (χ1n) is 9.57. The van der Waals surface area contributed by atoms with E-state index in [2.05, 4.69) is 15.2 Å². The fourth-order valence-corrected chi connectivity index (χ4v) is 4.75. The summed E-state index contributed by atoms with van der Waals surface area (Å²) in [6, 6.07) is 10.1. The van der Waals surface area contributed by atoms with Crippen LogP contribution in [0.15, 0.2) is 36.4 Å². The standard InChI is InChI=1S/C20H18N4O5S/c25-19(21-13-1-4-16-17(9-13)29-11-28-16)12-5-7-23(8-6-12)20-22-15-3-2-14(24(26)27)10-18(15)30-20/h1-4,9-10,12H,5-8,11H2,(H,21,25). The number of anilines is 2. The molecule has 0 aliphatic carbocycles. The Hall–Kier alpha value is -3.40. The van der Waals surface area contributed by atoms with Crippen molar-refractivity contribution in [3.63, 3.8) is 0 Å². The zero-order valence-corrected chi connectivity index (χ0v) is 16.7. The topological polar surface area (TPSA) is 107 Å². The molecular weight excluding hydrogens is 408 g/mol. The highest BCUT2D eigenvalue weighted by atomic mass is 32.1. The molecule has 0 spiro atoms. The minimum absolute atomic E-state index is 0.00607. The zero-order valence-electron chi connectivity index (χ0n) is 15.9. The molecule has 9 nitrogen and oxygen atoms in total. The van der Waals surface area contributed by atoms with E-state index in [0.29, 0.717) is 43.1 Å². The molecule has 2 aliphatic rings. The fraction of sp³-hybridized carbons (Fsp3) is 0.300. The van der Waals surface area contributed by atoms with Gasteiger partial charge in [-0.2, -0.15) is 0 Å². The molecule has 3 heterocycles. The van der Waals surface area contributed by atoms with Crippen molar-refractivity contribution >= 4 is 44.0 Å². The Morgan fingerprint density at radius 1 is 1.17 bits per heavy atom. The van der Waals surface area contributed by atoms with Gasteiger partial charge in [-0.05, 0) is 31.0 Å². The number of nitro benzene ring substituents is 1. The van der Waals surface area contributed by atoms with Crippen LogP contribution in [0.3, 0.4) is 0 Å². The number of ether oxygens (including phenoxy) is 2. The van der Waals surface area contributed by atoms with Crippen LogP contribution in [0.2, 0.25) is 0 Å². The van der Waals surface area contributed by atoms with Gasteiger partial charge in [0.2, 0.25) is 12.7 Å². The Morgan fingerprint density at radius 3 is 2.77 bits per heavy atom. The molecule has 2 aliphatic heterocycles. The van der Waals surface area contributed by atoms with Gasteiger partial charge in [-0.15, -0.1) is 0 Å². The van der Waals surface area contributed by atoms with Crippen molar-refractivity contribution in [3.05, 3.63) is 46.5 Å². The molecule has 2 aromatic carbocycles. The summed E-state index contributed by atoms with van der Waals surface area (Å²) in [6.45, 7) is 1.62. The quantitative estimate of drug-likeness (QED) is 0.500. The number of aromatic nitrogens is 1. The molecular formula is C20H18N4O5S. The lowest BCUT2D eigenvalue weighted by atomic mass is 9.96. The number of fused-ring (bicyclic) bond motifs is 2. The number of carbonyl (C=O) groups excluding carboxylic acids is 1. The fourth-order valence-electron chi connectivity index (χ4n) is 3.70. The number of nitrogens with one attached hydrogen (secondary N) is 1. The van der Waals surface area contributed by atoms with Crippen molar-refractivity contribution in [3.8, 4) is 11.5 Å². The maximum atomic E-state index is 12.7. The van der Waals surface area contributed by atoms with Gasteiger partial charge < -0.3 is 19.7 Å². The number of hydrogen-bond donors (Lipinski definition) is 1. The van der Waals surface area contributed by atoms with Gasteiger partial charge in [-0.3, -0.25) is 14.9 Å². The smallest absolute Gasteiger partial charge is 0.270 e. The molecule has 0 bridgehead atoms. The molecule has 0 atom stereocenters. The van der Waals surface area contributed by atoms with Crippen molar-refractivity contribution < 1.29 is 19.2 Å². The molecule has 1 amide bonds. The van der Waals surface area contributed by atoms with Gasteiger partial charge in [-0.25, -0.2) is 4.98 Å². The first-order chi connectivity index (χ1) is 14.6. The molecule has 154 valence electrons. The lowest BCUT2D eigenvalue weighted by molar-refractivity contribution is -0.384. The second-order valence-electron chi connectivity index (χ2n) is 7.22. The van der Waals surface area contributed by atoms with Gasteiger partial charge in [0.1, 0.15) is 0 Å². The summed E-state index contributed by atoms with van der Waals surface area (Å²) in [5, 5.41) is 14.8. The van der Waals surface area contributed by atoms with Crippen LogP contribution in [0, 0.1) is 16.0 Å². The molecule has 1 N–H and O–H groups in total. The van der Waals surface area contributed by atoms with Gasteiger partial charge in [0.15, 0.2) is 16.6 Å². The number of carbonyl (C=O) groups is 1. The van der Waals surface area contributed by atoms with E-state index in [-0.39, 0.29) is 24.3 Å². The van der Waals surface area contributed by atoms with Crippen LogP contribution in [-0.2, 0) is 4.79 Å². The molecule has 5 rings (SSSR count). The number of hydrogen-bond acceptors (Lipinski definition) is 8. The maximum Gasteiger partial charge on any atom is 0.270 e. The van der Waals surface area contributed by atoms with Crippen LogP contribution in [0.25, 0.3) is 10.2 Å². The molecule has 1 saturated heterocycles. The second-order valence-corrected chi connectivity index (χ2v) is 8.23. The molecule has 0 unspecified atom stereocenters. The molecule has 30 heavy (non-hydrogen) atoms.